The molecule has 1 fully saturated rings. The summed E-state index contributed by atoms with van der Waals surface area (Å²) in [4.78, 5) is 33.0. The maximum atomic E-state index is 12.9. The van der Waals surface area contributed by atoms with Crippen LogP contribution in [0.3, 0.4) is 0 Å². The van der Waals surface area contributed by atoms with Crippen LogP contribution in [0.4, 0.5) is 4.79 Å². The van der Waals surface area contributed by atoms with Crippen LogP contribution in [0, 0.1) is 0 Å². The topological polar surface area (TPSA) is 149 Å². The normalized spacial score (nSPS) is 18.2. The van der Waals surface area contributed by atoms with Crippen molar-refractivity contribution in [2.24, 2.45) is 0 Å². The second kappa shape index (κ2) is 6.79. The Hall–Kier alpha value is -4.48. The highest BCUT2D eigenvalue weighted by Crippen LogP contribution is 2.34. The number of nitrogens with zero attached hydrogens (tertiary/aromatic N) is 6. The molecule has 4 heterocycles. The van der Waals surface area contributed by atoms with Crippen LogP contribution < -0.4 is 15.4 Å². The van der Waals surface area contributed by atoms with E-state index in [9.17, 15) is 14.7 Å². The quantitative estimate of drug-likeness (QED) is 0.394. The summed E-state index contributed by atoms with van der Waals surface area (Å²) in [6.45, 7) is -0.118. The average Bonchev–Trinajstić information content (AvgIpc) is 3.46. The Morgan fingerprint density at radius 3 is 2.81 bits per heavy atom. The minimum atomic E-state index is -1.59. The van der Waals surface area contributed by atoms with Gasteiger partial charge in [-0.05, 0) is 18.2 Å². The maximum Gasteiger partial charge on any atom is 0.322 e. The van der Waals surface area contributed by atoms with Gasteiger partial charge in [0.1, 0.15) is 11.4 Å². The van der Waals surface area contributed by atoms with Crippen LogP contribution in [0.2, 0.25) is 0 Å². The summed E-state index contributed by atoms with van der Waals surface area (Å²) in [6, 6.07) is 4.57. The number of benzene rings is 1. The molecule has 31 heavy (non-hydrogen) atoms. The zero-order valence-electron chi connectivity index (χ0n) is 16.2. The lowest BCUT2D eigenvalue weighted by atomic mass is 9.96. The number of methoxy groups -OCH3 is 1. The molecule has 3 aromatic heterocycles. The van der Waals surface area contributed by atoms with Gasteiger partial charge >= 0.3 is 6.03 Å². The number of aromatic hydroxyl groups is 1. The summed E-state index contributed by atoms with van der Waals surface area (Å²) < 4.78 is 8.03. The summed E-state index contributed by atoms with van der Waals surface area (Å²) in [5.74, 6) is 0.277. The van der Waals surface area contributed by atoms with E-state index in [0.29, 0.717) is 17.0 Å². The first kappa shape index (κ1) is 18.5. The molecule has 1 saturated heterocycles. The third-order valence-electron chi connectivity index (χ3n) is 5.13. The van der Waals surface area contributed by atoms with Gasteiger partial charge in [-0.2, -0.15) is 0 Å². The number of hydrogen-bond acceptors (Lipinski definition) is 8. The van der Waals surface area contributed by atoms with Crippen LogP contribution in [0.25, 0.3) is 16.6 Å². The van der Waals surface area contributed by atoms with Gasteiger partial charge in [-0.15, -0.1) is 5.10 Å². The van der Waals surface area contributed by atoms with Crippen molar-refractivity contribution < 1.29 is 19.4 Å². The summed E-state index contributed by atoms with van der Waals surface area (Å²) >= 11 is 0. The standard InChI is InChI=1S/C19H16N8O4/c1-31-12-3-2-11-8-26(16(28)13(11)6-12)10-19(17(29)22-18(30)23-19)14-9-27(25-24-14)15-7-20-4-5-21-15/h2-9,28H,10H2,1H3,(H2,22,23,29,30)/t19-/m0/s1. The first-order valence-corrected chi connectivity index (χ1v) is 9.19. The molecule has 12 nitrogen and oxygen atoms in total. The molecular weight excluding hydrogens is 404 g/mol. The lowest BCUT2D eigenvalue weighted by Crippen LogP contribution is -2.47. The van der Waals surface area contributed by atoms with Crippen LogP contribution in [0.5, 0.6) is 11.6 Å². The molecule has 3 N–H and O–H groups in total. The highest BCUT2D eigenvalue weighted by molar-refractivity contribution is 6.07. The molecule has 156 valence electrons. The molecule has 0 spiro atoms. The molecule has 0 saturated carbocycles. The Morgan fingerprint density at radius 2 is 2.10 bits per heavy atom. The fourth-order valence-corrected chi connectivity index (χ4v) is 3.57. The Morgan fingerprint density at radius 1 is 1.23 bits per heavy atom. The number of ether oxygens (including phenoxy) is 1. The number of aromatic nitrogens is 6. The first-order valence-electron chi connectivity index (χ1n) is 9.19. The molecule has 1 atom stereocenters. The molecule has 0 bridgehead atoms. The van der Waals surface area contributed by atoms with Gasteiger partial charge < -0.3 is 19.7 Å². The maximum absolute atomic E-state index is 12.9. The number of hydrogen-bond donors (Lipinski definition) is 3. The molecule has 4 aromatic rings. The first-order chi connectivity index (χ1) is 15.0. The van der Waals surface area contributed by atoms with Crippen molar-refractivity contribution in [3.8, 4) is 17.4 Å². The molecule has 1 aromatic carbocycles. The van der Waals surface area contributed by atoms with Gasteiger partial charge in [0.25, 0.3) is 5.91 Å². The second-order valence-electron chi connectivity index (χ2n) is 6.96. The number of urea groups is 1. The number of rotatable bonds is 5. The van der Waals surface area contributed by atoms with Gasteiger partial charge in [0.05, 0.1) is 26.0 Å². The lowest BCUT2D eigenvalue weighted by Gasteiger charge is -2.24. The van der Waals surface area contributed by atoms with Crippen LogP contribution in [-0.2, 0) is 16.9 Å². The average molecular weight is 420 g/mol. The summed E-state index contributed by atoms with van der Waals surface area (Å²) in [7, 11) is 1.53. The number of fused-ring (bicyclic) bond motifs is 1. The molecule has 1 aliphatic heterocycles. The highest BCUT2D eigenvalue weighted by atomic mass is 16.5. The van der Waals surface area contributed by atoms with E-state index in [1.807, 2.05) is 0 Å². The third kappa shape index (κ3) is 2.92. The van der Waals surface area contributed by atoms with E-state index in [0.717, 1.165) is 5.39 Å². The van der Waals surface area contributed by atoms with Gasteiger partial charge in [-0.3, -0.25) is 15.1 Å². The molecule has 0 unspecified atom stereocenters. The molecule has 0 aliphatic carbocycles. The van der Waals surface area contributed by atoms with Crippen molar-refractivity contribution in [3.63, 3.8) is 0 Å². The van der Waals surface area contributed by atoms with E-state index < -0.39 is 17.5 Å². The van der Waals surface area contributed by atoms with Crippen molar-refractivity contribution in [1.82, 2.24) is 40.2 Å². The SMILES string of the molecule is COc1ccc2cn(C[C@@]3(c4cn(-c5cnccn5)nn4)NC(=O)NC3=O)c(O)c2c1. The minimum Gasteiger partial charge on any atom is -0.497 e. The minimum absolute atomic E-state index is 0.0801. The summed E-state index contributed by atoms with van der Waals surface area (Å²) in [5.41, 5.74) is -1.41. The van der Waals surface area contributed by atoms with Crippen LogP contribution in [0.1, 0.15) is 5.69 Å². The number of amides is 3. The van der Waals surface area contributed by atoms with Crippen molar-refractivity contribution >= 4 is 22.7 Å². The molecular formula is C19H16N8O4. The van der Waals surface area contributed by atoms with E-state index in [1.165, 1.54) is 41.1 Å². The van der Waals surface area contributed by atoms with E-state index >= 15 is 0 Å². The predicted molar refractivity (Wildman–Crippen MR) is 105 cm³/mol. The fraction of sp³-hybridized carbons (Fsp3) is 0.158. The predicted octanol–water partition coefficient (Wildman–Crippen LogP) is 0.461. The molecule has 3 amide bonds. The van der Waals surface area contributed by atoms with Crippen molar-refractivity contribution in [3.05, 3.63) is 54.9 Å². The van der Waals surface area contributed by atoms with E-state index in [4.69, 9.17) is 4.74 Å². The van der Waals surface area contributed by atoms with E-state index in [-0.39, 0.29) is 18.1 Å². The Labute approximate surface area is 174 Å². The zero-order valence-corrected chi connectivity index (χ0v) is 16.2. The Balaban J connectivity index is 1.59. The van der Waals surface area contributed by atoms with Gasteiger partial charge in [0, 0.05) is 29.4 Å². The van der Waals surface area contributed by atoms with Crippen LogP contribution in [0.15, 0.2) is 49.2 Å². The Kier molecular flexibility index (Phi) is 4.06. The molecule has 0 radical (unpaired) electrons. The zero-order chi connectivity index (χ0) is 21.6. The van der Waals surface area contributed by atoms with Gasteiger partial charge in [0.2, 0.25) is 0 Å². The number of carbonyl (C=O) groups excluding carboxylic acids is 2. The van der Waals surface area contributed by atoms with Gasteiger partial charge in [-0.1, -0.05) is 5.21 Å². The van der Waals surface area contributed by atoms with E-state index in [1.54, 1.807) is 24.4 Å². The molecule has 12 heteroatoms. The fourth-order valence-electron chi connectivity index (χ4n) is 3.57. The van der Waals surface area contributed by atoms with Crippen molar-refractivity contribution in [2.45, 2.75) is 12.1 Å². The van der Waals surface area contributed by atoms with Gasteiger partial charge in [-0.25, -0.2) is 14.5 Å². The van der Waals surface area contributed by atoms with Gasteiger partial charge in [0.15, 0.2) is 17.2 Å². The van der Waals surface area contributed by atoms with Crippen molar-refractivity contribution in [2.75, 3.05) is 7.11 Å². The smallest absolute Gasteiger partial charge is 0.322 e. The summed E-state index contributed by atoms with van der Waals surface area (Å²) in [6.07, 6.45) is 7.65. The number of nitrogens with one attached hydrogen (secondary N) is 2. The Bertz CT molecular complexity index is 1320. The number of carbonyl (C=O) groups is 2. The monoisotopic (exact) mass is 420 g/mol. The summed E-state index contributed by atoms with van der Waals surface area (Å²) in [5, 5.41) is 25.0. The van der Waals surface area contributed by atoms with Crippen molar-refractivity contribution in [1.29, 1.82) is 0 Å². The van der Waals surface area contributed by atoms with Crippen LogP contribution in [-0.4, -0.2) is 53.7 Å². The molecule has 5 rings (SSSR count). The number of imide groups is 1. The van der Waals surface area contributed by atoms with Crippen LogP contribution >= 0.6 is 0 Å². The highest BCUT2D eigenvalue weighted by Gasteiger charge is 2.50. The largest absolute Gasteiger partial charge is 0.497 e. The third-order valence-corrected chi connectivity index (χ3v) is 5.13. The van der Waals surface area contributed by atoms with E-state index in [2.05, 4.69) is 30.9 Å². The lowest BCUT2D eigenvalue weighted by molar-refractivity contribution is -0.125. The second-order valence-corrected chi connectivity index (χ2v) is 6.96. The molecule has 1 aliphatic rings.